The van der Waals surface area contributed by atoms with Crippen LogP contribution < -0.4 is 10.2 Å². The van der Waals surface area contributed by atoms with Gasteiger partial charge in [0, 0.05) is 53.7 Å². The van der Waals surface area contributed by atoms with E-state index in [1.165, 1.54) is 11.8 Å². The molecule has 0 atom stereocenters. The number of hydrogen-bond acceptors (Lipinski definition) is 7. The lowest BCUT2D eigenvalue weighted by Gasteiger charge is -2.36. The monoisotopic (exact) mass is 547 g/mol. The first-order chi connectivity index (χ1) is 18.4. The second-order valence-corrected chi connectivity index (χ2v) is 10.3. The zero-order chi connectivity index (χ0) is 26.5. The Labute approximate surface area is 230 Å². The van der Waals surface area contributed by atoms with Crippen molar-refractivity contribution in [2.75, 3.05) is 42.1 Å². The third kappa shape index (κ3) is 6.35. The van der Waals surface area contributed by atoms with Crippen LogP contribution in [0.1, 0.15) is 15.9 Å². The minimum absolute atomic E-state index is 0.00465. The normalized spacial score (nSPS) is 13.4. The largest absolute Gasteiger partial charge is 0.411 e. The molecule has 194 valence electrons. The Bertz CT molecular complexity index is 1420. The molecule has 1 N–H and O–H groups in total. The van der Waals surface area contributed by atoms with Crippen molar-refractivity contribution >= 4 is 46.6 Å². The molecule has 0 spiro atoms. The lowest BCUT2D eigenvalue weighted by atomic mass is 10.1. The summed E-state index contributed by atoms with van der Waals surface area (Å²) in [6, 6.07) is 22.6. The third-order valence-electron chi connectivity index (χ3n) is 6.19. The van der Waals surface area contributed by atoms with Crippen LogP contribution in [0.5, 0.6) is 0 Å². The van der Waals surface area contributed by atoms with Crippen LogP contribution in [0.2, 0.25) is 5.02 Å². The number of anilines is 2. The van der Waals surface area contributed by atoms with Crippen LogP contribution in [0.15, 0.2) is 82.4 Å². The summed E-state index contributed by atoms with van der Waals surface area (Å²) in [5, 5.41) is 11.9. The molecule has 1 aliphatic rings. The number of rotatable bonds is 7. The maximum absolute atomic E-state index is 12.8. The number of benzene rings is 3. The molecule has 2 amide bonds. The van der Waals surface area contributed by atoms with Crippen molar-refractivity contribution in [1.29, 1.82) is 0 Å². The van der Waals surface area contributed by atoms with Gasteiger partial charge in [-0.15, -0.1) is 10.2 Å². The molecule has 10 heteroatoms. The first kappa shape index (κ1) is 25.8. The summed E-state index contributed by atoms with van der Waals surface area (Å²) in [6.45, 7) is 4.72. The average molecular weight is 548 g/mol. The van der Waals surface area contributed by atoms with E-state index in [0.717, 1.165) is 29.9 Å². The highest BCUT2D eigenvalue weighted by molar-refractivity contribution is 7.99. The van der Waals surface area contributed by atoms with Gasteiger partial charge in [0.05, 0.1) is 5.75 Å². The van der Waals surface area contributed by atoms with E-state index < -0.39 is 0 Å². The van der Waals surface area contributed by atoms with Crippen LogP contribution in [-0.2, 0) is 4.79 Å². The van der Waals surface area contributed by atoms with Crippen LogP contribution in [0.4, 0.5) is 11.4 Å². The fraction of sp³-hybridized carbons (Fsp3) is 0.214. The lowest BCUT2D eigenvalue weighted by Crippen LogP contribution is -2.48. The number of nitrogens with one attached hydrogen (secondary N) is 1. The Kier molecular flexibility index (Phi) is 7.95. The van der Waals surface area contributed by atoms with Crippen molar-refractivity contribution in [3.63, 3.8) is 0 Å². The van der Waals surface area contributed by atoms with Crippen LogP contribution in [0.3, 0.4) is 0 Å². The molecule has 0 saturated carbocycles. The molecule has 0 unspecified atom stereocenters. The Balaban J connectivity index is 1.09. The van der Waals surface area contributed by atoms with E-state index >= 15 is 0 Å². The van der Waals surface area contributed by atoms with Crippen LogP contribution in [-0.4, -0.2) is 58.8 Å². The molecule has 1 aromatic heterocycles. The Morgan fingerprint density at radius 2 is 1.71 bits per heavy atom. The van der Waals surface area contributed by atoms with Gasteiger partial charge in [-0.2, -0.15) is 0 Å². The Morgan fingerprint density at radius 1 is 0.974 bits per heavy atom. The molecule has 1 aliphatic heterocycles. The third-order valence-corrected chi connectivity index (χ3v) is 7.24. The summed E-state index contributed by atoms with van der Waals surface area (Å²) in [6.07, 6.45) is 0. The summed E-state index contributed by atoms with van der Waals surface area (Å²) >= 11 is 7.22. The molecule has 1 fully saturated rings. The highest BCUT2D eigenvalue weighted by atomic mass is 35.5. The van der Waals surface area contributed by atoms with Crippen molar-refractivity contribution in [2.24, 2.45) is 0 Å². The van der Waals surface area contributed by atoms with Gasteiger partial charge in [0.15, 0.2) is 0 Å². The standard InChI is InChI=1S/C28H26ClN5O3S/c1-19-5-7-20(8-6-19)26-31-32-28(37-26)38-18-25(35)30-23-9-11-24(12-10-23)33-13-15-34(16-14-33)27(36)21-3-2-4-22(29)17-21/h2-12,17H,13-16,18H2,1H3,(H,30,35). The van der Waals surface area contributed by atoms with Crippen LogP contribution in [0, 0.1) is 6.92 Å². The van der Waals surface area contributed by atoms with E-state index in [-0.39, 0.29) is 17.6 Å². The number of hydrogen-bond donors (Lipinski definition) is 1. The molecule has 5 rings (SSSR count). The number of aromatic nitrogens is 2. The summed E-state index contributed by atoms with van der Waals surface area (Å²) < 4.78 is 5.67. The zero-order valence-electron chi connectivity index (χ0n) is 20.8. The zero-order valence-corrected chi connectivity index (χ0v) is 22.3. The molecule has 2 heterocycles. The molecule has 8 nitrogen and oxygen atoms in total. The summed E-state index contributed by atoms with van der Waals surface area (Å²) in [4.78, 5) is 29.3. The van der Waals surface area contributed by atoms with E-state index in [4.69, 9.17) is 16.0 Å². The van der Waals surface area contributed by atoms with Gasteiger partial charge in [-0.1, -0.05) is 47.1 Å². The van der Waals surface area contributed by atoms with Gasteiger partial charge in [-0.3, -0.25) is 9.59 Å². The van der Waals surface area contributed by atoms with E-state index in [2.05, 4.69) is 20.4 Å². The first-order valence-electron chi connectivity index (χ1n) is 12.2. The Morgan fingerprint density at radius 3 is 2.42 bits per heavy atom. The van der Waals surface area contributed by atoms with Gasteiger partial charge in [-0.25, -0.2) is 0 Å². The summed E-state index contributed by atoms with van der Waals surface area (Å²) in [7, 11) is 0. The minimum Gasteiger partial charge on any atom is -0.411 e. The Hall–Kier alpha value is -3.82. The number of halogens is 1. The van der Waals surface area contributed by atoms with Gasteiger partial charge < -0.3 is 19.5 Å². The molecule has 1 saturated heterocycles. The van der Waals surface area contributed by atoms with Crippen molar-refractivity contribution in [3.05, 3.63) is 88.9 Å². The number of amides is 2. The molecule has 0 radical (unpaired) electrons. The maximum atomic E-state index is 12.8. The average Bonchev–Trinajstić information content (AvgIpc) is 3.42. The van der Waals surface area contributed by atoms with Crippen molar-refractivity contribution in [1.82, 2.24) is 15.1 Å². The van der Waals surface area contributed by atoms with Gasteiger partial charge in [0.2, 0.25) is 11.8 Å². The minimum atomic E-state index is -0.161. The van der Waals surface area contributed by atoms with E-state index in [9.17, 15) is 9.59 Å². The van der Waals surface area contributed by atoms with Gasteiger partial charge in [0.25, 0.3) is 11.1 Å². The fourth-order valence-corrected chi connectivity index (χ4v) is 4.89. The first-order valence-corrected chi connectivity index (χ1v) is 13.5. The molecular weight excluding hydrogens is 522 g/mol. The summed E-state index contributed by atoms with van der Waals surface area (Å²) in [5.74, 6) is 0.416. The van der Waals surface area contributed by atoms with Crippen molar-refractivity contribution in [2.45, 2.75) is 12.1 Å². The second-order valence-electron chi connectivity index (χ2n) is 8.91. The summed E-state index contributed by atoms with van der Waals surface area (Å²) in [5.41, 5.74) is 4.35. The molecule has 0 aliphatic carbocycles. The predicted molar refractivity (Wildman–Crippen MR) is 150 cm³/mol. The quantitative estimate of drug-likeness (QED) is 0.310. The molecular formula is C28H26ClN5O3S. The smallest absolute Gasteiger partial charge is 0.277 e. The highest BCUT2D eigenvalue weighted by Gasteiger charge is 2.22. The SMILES string of the molecule is Cc1ccc(-c2nnc(SCC(=O)Nc3ccc(N4CCN(C(=O)c5cccc(Cl)c5)CC4)cc3)o2)cc1. The van der Waals surface area contributed by atoms with Crippen LogP contribution in [0.25, 0.3) is 11.5 Å². The number of aryl methyl sites for hydroxylation is 1. The fourth-order valence-electron chi connectivity index (χ4n) is 4.13. The van der Waals surface area contributed by atoms with Crippen molar-refractivity contribution in [3.8, 4) is 11.5 Å². The highest BCUT2D eigenvalue weighted by Crippen LogP contribution is 2.24. The maximum Gasteiger partial charge on any atom is 0.277 e. The van der Waals surface area contributed by atoms with Crippen LogP contribution >= 0.6 is 23.4 Å². The number of nitrogens with zero attached hydrogens (tertiary/aromatic N) is 4. The topological polar surface area (TPSA) is 91.6 Å². The molecule has 38 heavy (non-hydrogen) atoms. The van der Waals surface area contributed by atoms with E-state index in [1.807, 2.05) is 60.4 Å². The molecule has 0 bridgehead atoms. The second kappa shape index (κ2) is 11.7. The predicted octanol–water partition coefficient (Wildman–Crippen LogP) is 5.39. The van der Waals surface area contributed by atoms with E-state index in [0.29, 0.717) is 40.5 Å². The van der Waals surface area contributed by atoms with E-state index in [1.54, 1.807) is 24.3 Å². The lowest BCUT2D eigenvalue weighted by molar-refractivity contribution is -0.113. The van der Waals surface area contributed by atoms with Gasteiger partial charge in [-0.05, 0) is 61.5 Å². The molecule has 4 aromatic rings. The number of piperazine rings is 1. The number of thioether (sulfide) groups is 1. The number of carbonyl (C=O) groups excluding carboxylic acids is 2. The molecule has 3 aromatic carbocycles. The van der Waals surface area contributed by atoms with Gasteiger partial charge in [0.1, 0.15) is 0 Å². The number of carbonyl (C=O) groups is 2. The van der Waals surface area contributed by atoms with Gasteiger partial charge >= 0.3 is 0 Å². The van der Waals surface area contributed by atoms with Crippen molar-refractivity contribution < 1.29 is 14.0 Å².